The van der Waals surface area contributed by atoms with E-state index in [-0.39, 0.29) is 23.4 Å². The lowest BCUT2D eigenvalue weighted by molar-refractivity contribution is 0.0633. The number of pyridine rings is 1. The number of likely N-dealkylation sites (tertiary alicyclic amines) is 1. The maximum Gasteiger partial charge on any atom is 0.259 e. The summed E-state index contributed by atoms with van der Waals surface area (Å²) in [5.74, 6) is 0.440. The van der Waals surface area contributed by atoms with Crippen molar-refractivity contribution in [2.75, 3.05) is 19.7 Å². The third-order valence-corrected chi connectivity index (χ3v) is 7.50. The van der Waals surface area contributed by atoms with Crippen LogP contribution < -0.4 is 10.5 Å². The van der Waals surface area contributed by atoms with Gasteiger partial charge in [-0.05, 0) is 59.9 Å². The van der Waals surface area contributed by atoms with Gasteiger partial charge in [0.15, 0.2) is 0 Å². The minimum absolute atomic E-state index is 0.00396. The van der Waals surface area contributed by atoms with Crippen molar-refractivity contribution in [3.05, 3.63) is 83.7 Å². The van der Waals surface area contributed by atoms with Crippen molar-refractivity contribution < 1.29 is 17.9 Å². The summed E-state index contributed by atoms with van der Waals surface area (Å²) >= 11 is 0. The third kappa shape index (κ3) is 5.05. The Hall–Kier alpha value is -3.72. The predicted octanol–water partition coefficient (Wildman–Crippen LogP) is 3.23. The number of hydrogen-bond donors (Lipinski definition) is 1. The van der Waals surface area contributed by atoms with Crippen LogP contribution in [0.5, 0.6) is 5.75 Å². The second-order valence-corrected chi connectivity index (χ2v) is 10.5. The van der Waals surface area contributed by atoms with Crippen molar-refractivity contribution in [2.24, 2.45) is 16.0 Å². The fraction of sp³-hybridized carbons (Fsp3) is 0.269. The molecule has 0 aliphatic carbocycles. The predicted molar refractivity (Wildman–Crippen MR) is 134 cm³/mol. The molecule has 2 N–H and O–H groups in total. The zero-order chi connectivity index (χ0) is 24.4. The number of amides is 1. The van der Waals surface area contributed by atoms with Crippen LogP contribution in [0.15, 0.2) is 71.4 Å². The summed E-state index contributed by atoms with van der Waals surface area (Å²) in [6, 6.07) is 16.8. The Bertz CT molecular complexity index is 1390. The Morgan fingerprint density at radius 3 is 2.71 bits per heavy atom. The Balaban J connectivity index is 1.27. The van der Waals surface area contributed by atoms with Crippen LogP contribution in [0.4, 0.5) is 0 Å². The molecule has 1 fully saturated rings. The molecule has 5 rings (SSSR count). The number of hydrogen-bond acceptors (Lipinski definition) is 6. The smallest absolute Gasteiger partial charge is 0.259 e. The highest BCUT2D eigenvalue weighted by atomic mass is 32.2. The largest absolute Gasteiger partial charge is 0.492 e. The molecule has 2 aliphatic rings. The highest BCUT2D eigenvalue weighted by Crippen LogP contribution is 2.29. The van der Waals surface area contributed by atoms with E-state index in [1.165, 1.54) is 0 Å². The lowest BCUT2D eigenvalue weighted by atomic mass is 9.97. The van der Waals surface area contributed by atoms with Crippen molar-refractivity contribution in [1.29, 1.82) is 0 Å². The van der Waals surface area contributed by atoms with Gasteiger partial charge in [-0.15, -0.1) is 4.40 Å². The number of rotatable bonds is 5. The van der Waals surface area contributed by atoms with Gasteiger partial charge in [0.1, 0.15) is 11.6 Å². The summed E-state index contributed by atoms with van der Waals surface area (Å²) in [5.41, 5.74) is 9.72. The second-order valence-electron chi connectivity index (χ2n) is 8.88. The summed E-state index contributed by atoms with van der Waals surface area (Å²) in [4.78, 5) is 19.2. The van der Waals surface area contributed by atoms with Gasteiger partial charge in [0.2, 0.25) is 0 Å². The van der Waals surface area contributed by atoms with E-state index in [9.17, 15) is 13.2 Å². The molecule has 1 saturated heterocycles. The number of nitrogens with two attached hydrogens (primary N) is 1. The number of carbonyl (C=O) groups excluding carboxylic acids is 1. The molecule has 180 valence electrons. The van der Waals surface area contributed by atoms with E-state index in [0.717, 1.165) is 24.0 Å². The lowest BCUT2D eigenvalue weighted by Crippen LogP contribution is -2.41. The molecule has 3 aromatic rings. The Kier molecular flexibility index (Phi) is 6.25. The fourth-order valence-corrected chi connectivity index (χ4v) is 5.77. The van der Waals surface area contributed by atoms with Crippen LogP contribution >= 0.6 is 0 Å². The normalized spacial score (nSPS) is 18.9. The molecule has 0 spiro atoms. The first-order valence-electron chi connectivity index (χ1n) is 11.5. The number of nitrogens with zero attached hydrogens (tertiary/aromatic N) is 3. The highest BCUT2D eigenvalue weighted by molar-refractivity contribution is 7.89. The summed E-state index contributed by atoms with van der Waals surface area (Å²) in [6.45, 7) is 1.69. The first kappa shape index (κ1) is 23.0. The van der Waals surface area contributed by atoms with E-state index < -0.39 is 10.0 Å². The zero-order valence-electron chi connectivity index (χ0n) is 19.1. The molecular weight excluding hydrogens is 464 g/mol. The van der Waals surface area contributed by atoms with E-state index in [4.69, 9.17) is 10.5 Å². The van der Waals surface area contributed by atoms with Gasteiger partial charge in [0.25, 0.3) is 15.9 Å². The van der Waals surface area contributed by atoms with E-state index >= 15 is 0 Å². The minimum atomic E-state index is -3.60. The number of benzene rings is 2. The Morgan fingerprint density at radius 2 is 1.89 bits per heavy atom. The molecule has 1 atom stereocenters. The Labute approximate surface area is 204 Å². The number of ether oxygens (including phenoxy) is 1. The van der Waals surface area contributed by atoms with Crippen molar-refractivity contribution >= 4 is 21.8 Å². The first-order valence-corrected chi connectivity index (χ1v) is 13.1. The summed E-state index contributed by atoms with van der Waals surface area (Å²) in [7, 11) is -3.60. The van der Waals surface area contributed by atoms with Crippen LogP contribution in [0.3, 0.4) is 0 Å². The zero-order valence-corrected chi connectivity index (χ0v) is 19.9. The van der Waals surface area contributed by atoms with Crippen molar-refractivity contribution in [1.82, 2.24) is 9.88 Å². The average molecular weight is 491 g/mol. The number of aromatic nitrogens is 1. The van der Waals surface area contributed by atoms with E-state index in [1.807, 2.05) is 41.3 Å². The second kappa shape index (κ2) is 9.50. The average Bonchev–Trinajstić information content (AvgIpc) is 2.87. The molecule has 2 aliphatic heterocycles. The first-order chi connectivity index (χ1) is 16.9. The number of amidine groups is 1. The SMILES string of the molecule is NC1=NS(=O)(=O)Cc2cccc(OC[C@H]3CCCN(C(=O)c4cccc(-c5ccncc5)c4)C3)c21. The van der Waals surface area contributed by atoms with Gasteiger partial charge in [0, 0.05) is 37.0 Å². The van der Waals surface area contributed by atoms with Crippen molar-refractivity contribution in [2.45, 2.75) is 18.6 Å². The highest BCUT2D eigenvalue weighted by Gasteiger charge is 2.28. The van der Waals surface area contributed by atoms with Gasteiger partial charge in [-0.3, -0.25) is 9.78 Å². The topological polar surface area (TPSA) is 115 Å². The molecule has 8 nitrogen and oxygen atoms in total. The number of carbonyl (C=O) groups is 1. The number of sulfonamides is 1. The molecule has 2 aromatic carbocycles. The van der Waals surface area contributed by atoms with Gasteiger partial charge in [-0.2, -0.15) is 0 Å². The molecule has 35 heavy (non-hydrogen) atoms. The molecule has 0 saturated carbocycles. The van der Waals surface area contributed by atoms with E-state index in [1.54, 1.807) is 30.6 Å². The summed E-state index contributed by atoms with van der Waals surface area (Å²) < 4.78 is 33.6. The number of fused-ring (bicyclic) bond motifs is 1. The number of piperidine rings is 1. The molecule has 1 aromatic heterocycles. The van der Waals surface area contributed by atoms with Crippen LogP contribution in [-0.4, -0.2) is 49.7 Å². The fourth-order valence-electron chi connectivity index (χ4n) is 4.68. The van der Waals surface area contributed by atoms with E-state index in [0.29, 0.717) is 42.1 Å². The van der Waals surface area contributed by atoms with Gasteiger partial charge >= 0.3 is 0 Å². The van der Waals surface area contributed by atoms with E-state index in [2.05, 4.69) is 9.38 Å². The summed E-state index contributed by atoms with van der Waals surface area (Å²) in [6.07, 6.45) is 5.30. The Morgan fingerprint density at radius 1 is 1.09 bits per heavy atom. The molecule has 0 unspecified atom stereocenters. The monoisotopic (exact) mass is 490 g/mol. The lowest BCUT2D eigenvalue weighted by Gasteiger charge is -2.33. The summed E-state index contributed by atoms with van der Waals surface area (Å²) in [5, 5.41) is 0. The molecule has 3 heterocycles. The van der Waals surface area contributed by atoms with Gasteiger partial charge < -0.3 is 15.4 Å². The van der Waals surface area contributed by atoms with Crippen LogP contribution in [0, 0.1) is 5.92 Å². The third-order valence-electron chi connectivity index (χ3n) is 6.35. The van der Waals surface area contributed by atoms with Crippen LogP contribution in [0.2, 0.25) is 0 Å². The van der Waals surface area contributed by atoms with Crippen LogP contribution in [0.1, 0.15) is 34.3 Å². The van der Waals surface area contributed by atoms with Crippen molar-refractivity contribution in [3.8, 4) is 16.9 Å². The standard InChI is InChI=1S/C26H26N4O4S/c27-25-24-22(17-35(32,33)29-25)7-2-8-23(24)34-16-18-4-3-13-30(15-18)26(31)21-6-1-5-20(14-21)19-9-11-28-12-10-19/h1-2,5-12,14,18H,3-4,13,15-17H2,(H2,27,29)/t18-/m0/s1. The van der Waals surface area contributed by atoms with Crippen LogP contribution in [0.25, 0.3) is 11.1 Å². The maximum atomic E-state index is 13.3. The molecule has 9 heteroatoms. The molecule has 0 radical (unpaired) electrons. The molecular formula is C26H26N4O4S. The van der Waals surface area contributed by atoms with Gasteiger partial charge in [0.05, 0.1) is 17.9 Å². The minimum Gasteiger partial charge on any atom is -0.492 e. The van der Waals surface area contributed by atoms with Gasteiger partial charge in [-0.1, -0.05) is 24.3 Å². The molecule has 1 amide bonds. The van der Waals surface area contributed by atoms with Gasteiger partial charge in [-0.25, -0.2) is 8.42 Å². The van der Waals surface area contributed by atoms with Crippen molar-refractivity contribution in [3.63, 3.8) is 0 Å². The molecule has 0 bridgehead atoms. The van der Waals surface area contributed by atoms with Crippen LogP contribution in [-0.2, 0) is 15.8 Å². The maximum absolute atomic E-state index is 13.3. The quantitative estimate of drug-likeness (QED) is 0.587.